The van der Waals surface area contributed by atoms with Crippen LogP contribution < -0.4 is 4.74 Å². The number of ether oxygens (including phenoxy) is 1. The normalized spacial score (nSPS) is 10.7. The fourth-order valence-electron chi connectivity index (χ4n) is 2.06. The molecule has 0 unspecified atom stereocenters. The lowest BCUT2D eigenvalue weighted by Gasteiger charge is -2.16. The molecule has 24 heavy (non-hydrogen) atoms. The van der Waals surface area contributed by atoms with Gasteiger partial charge in [-0.2, -0.15) is 13.9 Å². The van der Waals surface area contributed by atoms with Gasteiger partial charge in [-0.1, -0.05) is 12.1 Å². The lowest BCUT2D eigenvalue weighted by molar-refractivity contribution is -0.385. The van der Waals surface area contributed by atoms with Crippen molar-refractivity contribution in [2.24, 2.45) is 7.05 Å². The van der Waals surface area contributed by atoms with E-state index < -0.39 is 17.4 Å². The fraction of sp³-hybridized carbons (Fsp3) is 0.286. The topological polar surface area (TPSA) is 90.5 Å². The lowest BCUT2D eigenvalue weighted by Crippen LogP contribution is -2.27. The predicted molar refractivity (Wildman–Crippen MR) is 78.7 cm³/mol. The molecule has 0 radical (unpaired) electrons. The van der Waals surface area contributed by atoms with Crippen LogP contribution in [0, 0.1) is 10.1 Å². The molecule has 0 saturated heterocycles. The standard InChI is InChI=1S/C14H14F2N4O4/c1-18(7-9-3-5-10(6-4-9)24-14(15)16)13(21)12-11(20(22)23)8-19(2)17-12/h3-6,8,14H,7H2,1-2H3. The second kappa shape index (κ2) is 7.02. The van der Waals surface area contributed by atoms with Gasteiger partial charge in [-0.15, -0.1) is 0 Å². The van der Waals surface area contributed by atoms with Crippen LogP contribution in [0.25, 0.3) is 0 Å². The van der Waals surface area contributed by atoms with Crippen molar-refractivity contribution in [3.05, 3.63) is 51.8 Å². The number of hydrogen-bond donors (Lipinski definition) is 0. The van der Waals surface area contributed by atoms with E-state index >= 15 is 0 Å². The Hall–Kier alpha value is -3.04. The first kappa shape index (κ1) is 17.3. The van der Waals surface area contributed by atoms with Crippen LogP contribution in [0.5, 0.6) is 5.75 Å². The molecule has 0 atom stereocenters. The number of aryl methyl sites for hydroxylation is 1. The minimum Gasteiger partial charge on any atom is -0.435 e. The summed E-state index contributed by atoms with van der Waals surface area (Å²) in [6.45, 7) is -2.79. The van der Waals surface area contributed by atoms with Gasteiger partial charge in [0.25, 0.3) is 5.91 Å². The number of carbonyl (C=O) groups excluding carboxylic acids is 1. The van der Waals surface area contributed by atoms with Gasteiger partial charge in [-0.3, -0.25) is 19.6 Å². The van der Waals surface area contributed by atoms with Crippen LogP contribution in [-0.2, 0) is 13.6 Å². The molecular weight excluding hydrogens is 326 g/mol. The molecular formula is C14H14F2N4O4. The Morgan fingerprint density at radius 3 is 2.58 bits per heavy atom. The summed E-state index contributed by atoms with van der Waals surface area (Å²) in [5.41, 5.74) is 0.00346. The number of aromatic nitrogens is 2. The molecule has 2 rings (SSSR count). The summed E-state index contributed by atoms with van der Waals surface area (Å²) in [5, 5.41) is 14.8. The number of alkyl halides is 2. The smallest absolute Gasteiger partial charge is 0.387 e. The Morgan fingerprint density at radius 2 is 2.04 bits per heavy atom. The number of rotatable bonds is 6. The van der Waals surface area contributed by atoms with E-state index in [-0.39, 0.29) is 23.7 Å². The third kappa shape index (κ3) is 4.03. The average molecular weight is 340 g/mol. The van der Waals surface area contributed by atoms with Crippen molar-refractivity contribution in [1.82, 2.24) is 14.7 Å². The maximum absolute atomic E-state index is 12.3. The van der Waals surface area contributed by atoms with Crippen molar-refractivity contribution in [2.45, 2.75) is 13.2 Å². The molecule has 8 nitrogen and oxygen atoms in total. The molecule has 0 bridgehead atoms. The minimum absolute atomic E-state index is 0.00286. The number of carbonyl (C=O) groups is 1. The van der Waals surface area contributed by atoms with Gasteiger partial charge in [0, 0.05) is 20.6 Å². The molecule has 0 aliphatic carbocycles. The Labute approximate surface area is 135 Å². The predicted octanol–water partition coefficient (Wildman–Crippen LogP) is 2.20. The maximum atomic E-state index is 12.3. The van der Waals surface area contributed by atoms with E-state index in [1.807, 2.05) is 0 Å². The fourth-order valence-corrected chi connectivity index (χ4v) is 2.06. The summed E-state index contributed by atoms with van der Waals surface area (Å²) < 4.78 is 29.6. The van der Waals surface area contributed by atoms with Gasteiger partial charge in [-0.25, -0.2) is 0 Å². The first-order valence-electron chi connectivity index (χ1n) is 6.75. The van der Waals surface area contributed by atoms with Crippen LogP contribution in [0.2, 0.25) is 0 Å². The number of nitrogens with zero attached hydrogens (tertiary/aromatic N) is 4. The molecule has 0 aliphatic rings. The van der Waals surface area contributed by atoms with Crippen molar-refractivity contribution >= 4 is 11.6 Å². The summed E-state index contributed by atoms with van der Waals surface area (Å²) in [6, 6.07) is 5.74. The number of nitro groups is 1. The van der Waals surface area contributed by atoms with Crippen molar-refractivity contribution in [3.63, 3.8) is 0 Å². The highest BCUT2D eigenvalue weighted by Crippen LogP contribution is 2.20. The van der Waals surface area contributed by atoms with Gasteiger partial charge in [0.05, 0.1) is 4.92 Å². The van der Waals surface area contributed by atoms with E-state index in [0.29, 0.717) is 5.56 Å². The summed E-state index contributed by atoms with van der Waals surface area (Å²) in [5.74, 6) is -0.613. The Kier molecular flexibility index (Phi) is 5.07. The molecule has 0 saturated carbocycles. The summed E-state index contributed by atoms with van der Waals surface area (Å²) in [4.78, 5) is 23.8. The summed E-state index contributed by atoms with van der Waals surface area (Å²) in [6.07, 6.45) is 1.15. The Morgan fingerprint density at radius 1 is 1.42 bits per heavy atom. The van der Waals surface area contributed by atoms with Crippen LogP contribution in [0.15, 0.2) is 30.5 Å². The highest BCUT2D eigenvalue weighted by Gasteiger charge is 2.27. The number of hydrogen-bond acceptors (Lipinski definition) is 5. The summed E-state index contributed by atoms with van der Waals surface area (Å²) in [7, 11) is 2.94. The second-order valence-electron chi connectivity index (χ2n) is 4.98. The quantitative estimate of drug-likeness (QED) is 0.594. The Bertz CT molecular complexity index is 746. The molecule has 2 aromatic rings. The molecule has 0 fully saturated rings. The van der Waals surface area contributed by atoms with E-state index in [2.05, 4.69) is 9.84 Å². The molecule has 1 aromatic carbocycles. The van der Waals surface area contributed by atoms with Gasteiger partial charge >= 0.3 is 12.3 Å². The van der Waals surface area contributed by atoms with Crippen LogP contribution in [0.3, 0.4) is 0 Å². The van der Waals surface area contributed by atoms with Crippen molar-refractivity contribution in [2.75, 3.05) is 7.05 Å². The first-order valence-corrected chi connectivity index (χ1v) is 6.75. The second-order valence-corrected chi connectivity index (χ2v) is 4.98. The van der Waals surface area contributed by atoms with E-state index in [1.54, 1.807) is 0 Å². The first-order chi connectivity index (χ1) is 11.3. The molecule has 1 aromatic heterocycles. The summed E-state index contributed by atoms with van der Waals surface area (Å²) >= 11 is 0. The van der Waals surface area contributed by atoms with E-state index in [1.165, 1.54) is 47.9 Å². The third-order valence-electron chi connectivity index (χ3n) is 3.12. The number of benzene rings is 1. The monoisotopic (exact) mass is 340 g/mol. The SMILES string of the molecule is CN(Cc1ccc(OC(F)F)cc1)C(=O)c1nn(C)cc1[N+](=O)[O-]. The minimum atomic E-state index is -2.91. The number of amides is 1. The van der Waals surface area contributed by atoms with Crippen LogP contribution in [0.1, 0.15) is 16.1 Å². The van der Waals surface area contributed by atoms with Crippen LogP contribution in [0.4, 0.5) is 14.5 Å². The van der Waals surface area contributed by atoms with Crippen molar-refractivity contribution in [3.8, 4) is 5.75 Å². The highest BCUT2D eigenvalue weighted by atomic mass is 19.3. The zero-order chi connectivity index (χ0) is 17.9. The van der Waals surface area contributed by atoms with Gasteiger partial charge in [0.1, 0.15) is 11.9 Å². The van der Waals surface area contributed by atoms with Crippen molar-refractivity contribution < 1.29 is 23.2 Å². The average Bonchev–Trinajstić information content (AvgIpc) is 2.90. The molecule has 1 heterocycles. The van der Waals surface area contributed by atoms with E-state index in [0.717, 1.165) is 6.20 Å². The zero-order valence-electron chi connectivity index (χ0n) is 12.8. The number of halogens is 2. The van der Waals surface area contributed by atoms with Gasteiger partial charge in [-0.05, 0) is 17.7 Å². The molecule has 0 spiro atoms. The van der Waals surface area contributed by atoms with Crippen LogP contribution in [-0.4, -0.2) is 39.2 Å². The molecule has 1 amide bonds. The van der Waals surface area contributed by atoms with Gasteiger partial charge in [0.15, 0.2) is 0 Å². The largest absolute Gasteiger partial charge is 0.435 e. The molecule has 10 heteroatoms. The highest BCUT2D eigenvalue weighted by molar-refractivity contribution is 5.95. The molecule has 0 aliphatic heterocycles. The molecule has 0 N–H and O–H groups in total. The van der Waals surface area contributed by atoms with Crippen LogP contribution >= 0.6 is 0 Å². The van der Waals surface area contributed by atoms with E-state index in [9.17, 15) is 23.7 Å². The van der Waals surface area contributed by atoms with Gasteiger partial charge in [0.2, 0.25) is 5.69 Å². The maximum Gasteiger partial charge on any atom is 0.387 e. The lowest BCUT2D eigenvalue weighted by atomic mass is 10.2. The third-order valence-corrected chi connectivity index (χ3v) is 3.12. The van der Waals surface area contributed by atoms with Crippen molar-refractivity contribution in [1.29, 1.82) is 0 Å². The van der Waals surface area contributed by atoms with E-state index in [4.69, 9.17) is 0 Å². The Balaban J connectivity index is 2.10. The molecule has 128 valence electrons. The van der Waals surface area contributed by atoms with Gasteiger partial charge < -0.3 is 9.64 Å². The zero-order valence-corrected chi connectivity index (χ0v) is 12.8.